The second-order valence-electron chi connectivity index (χ2n) is 11.5. The van der Waals surface area contributed by atoms with Crippen molar-refractivity contribution in [1.29, 1.82) is 0 Å². The lowest BCUT2D eigenvalue weighted by Crippen LogP contribution is -2.71. The molecule has 0 amide bonds. The molecular weight excluding hydrogens is 432 g/mol. The number of rotatable bonds is 3. The van der Waals surface area contributed by atoms with Crippen LogP contribution in [0, 0.1) is 22.7 Å². The van der Waals surface area contributed by atoms with E-state index in [0.717, 1.165) is 31.2 Å². The molecule has 0 aromatic heterocycles. The molecule has 0 radical (unpaired) electrons. The molecule has 0 spiro atoms. The summed E-state index contributed by atoms with van der Waals surface area (Å²) < 4.78 is 13.4. The van der Waals surface area contributed by atoms with Gasteiger partial charge >= 0.3 is 5.97 Å². The van der Waals surface area contributed by atoms with Crippen molar-refractivity contribution in [3.63, 3.8) is 0 Å². The van der Waals surface area contributed by atoms with Gasteiger partial charge in [-0.15, -0.1) is 0 Å². The lowest BCUT2D eigenvalue weighted by Gasteiger charge is -2.66. The monoisotopic (exact) mass is 464 g/mol. The third-order valence-electron chi connectivity index (χ3n) is 10.5. The second-order valence-corrected chi connectivity index (χ2v) is 11.5. The van der Waals surface area contributed by atoms with Gasteiger partial charge in [-0.25, -0.2) is 4.79 Å². The van der Waals surface area contributed by atoms with E-state index in [-0.39, 0.29) is 17.1 Å². The van der Waals surface area contributed by atoms with Crippen LogP contribution < -0.4 is 0 Å². The fourth-order valence-electron chi connectivity index (χ4n) is 8.70. The van der Waals surface area contributed by atoms with Crippen molar-refractivity contribution in [3.8, 4) is 0 Å². The minimum absolute atomic E-state index is 0.0567. The Morgan fingerprint density at radius 1 is 0.941 bits per heavy atom. The number of carbonyl (C=O) groups excluding carboxylic acids is 2. The summed E-state index contributed by atoms with van der Waals surface area (Å²) >= 11 is 0. The first-order chi connectivity index (χ1) is 16.2. The van der Waals surface area contributed by atoms with Gasteiger partial charge in [-0.1, -0.05) is 49.8 Å². The van der Waals surface area contributed by atoms with E-state index in [1.807, 2.05) is 43.3 Å². The zero-order valence-corrected chi connectivity index (χ0v) is 19.8. The number of carboxylic acid groups (broad SMARTS) is 1. The minimum Gasteiger partial charge on any atom is -0.475 e. The van der Waals surface area contributed by atoms with Crippen molar-refractivity contribution in [2.75, 3.05) is 0 Å². The standard InChI is InChI=1S/C28H32O6/c1-25-12-10-19(29)16-18(25)8-9-21-20(25)11-13-26(2)27(21)14-15-28(26,22(30)23(31)32)34-24(33-27)17-6-4-3-5-7-17/h3-7,16,20-21,24H,8-15H2,1-2H3,(H,31,32)/t20-,21+,24?,25-,26-,27+,28+/m0/s1. The van der Waals surface area contributed by atoms with Crippen LogP contribution in [0.3, 0.4) is 0 Å². The Morgan fingerprint density at radius 2 is 1.71 bits per heavy atom. The number of carbonyl (C=O) groups is 3. The third-order valence-corrected chi connectivity index (χ3v) is 10.5. The fourth-order valence-corrected chi connectivity index (χ4v) is 8.70. The van der Waals surface area contributed by atoms with Crippen LogP contribution in [0.15, 0.2) is 42.0 Å². The Bertz CT molecular complexity index is 1110. The minimum atomic E-state index is -1.43. The average Bonchev–Trinajstić information content (AvgIpc) is 2.96. The maximum Gasteiger partial charge on any atom is 0.375 e. The highest BCUT2D eigenvalue weighted by Crippen LogP contribution is 2.74. The number of Topliss-reactive ketones (excluding diaryl/α,β-unsaturated/α-hetero) is 1. The normalized spacial score (nSPS) is 44.9. The Kier molecular flexibility index (Phi) is 4.64. The highest BCUT2D eigenvalue weighted by atomic mass is 16.7. The number of fused-ring (bicyclic) bond motifs is 3. The number of ether oxygens (including phenoxy) is 2. The van der Waals surface area contributed by atoms with E-state index in [9.17, 15) is 19.5 Å². The summed E-state index contributed by atoms with van der Waals surface area (Å²) in [5.41, 5.74) is -0.746. The van der Waals surface area contributed by atoms with Gasteiger partial charge in [0.15, 0.2) is 12.1 Å². The summed E-state index contributed by atoms with van der Waals surface area (Å²) in [4.78, 5) is 37.6. The van der Waals surface area contributed by atoms with Gasteiger partial charge in [0.25, 0.3) is 5.78 Å². The molecule has 1 aliphatic heterocycles. The van der Waals surface area contributed by atoms with Crippen LogP contribution in [0.1, 0.15) is 77.1 Å². The van der Waals surface area contributed by atoms with Crippen molar-refractivity contribution in [1.82, 2.24) is 0 Å². The lowest BCUT2D eigenvalue weighted by molar-refractivity contribution is -0.373. The number of ketones is 2. The Hall–Kier alpha value is -2.31. The molecule has 3 saturated carbocycles. The van der Waals surface area contributed by atoms with E-state index in [0.29, 0.717) is 31.6 Å². The summed E-state index contributed by atoms with van der Waals surface area (Å²) in [5, 5.41) is 9.85. The summed E-state index contributed by atoms with van der Waals surface area (Å²) in [7, 11) is 0. The molecule has 34 heavy (non-hydrogen) atoms. The topological polar surface area (TPSA) is 89.9 Å². The van der Waals surface area contributed by atoms with Crippen LogP contribution in [0.2, 0.25) is 0 Å². The van der Waals surface area contributed by atoms with E-state index in [2.05, 4.69) is 6.92 Å². The zero-order chi connectivity index (χ0) is 23.9. The summed E-state index contributed by atoms with van der Waals surface area (Å²) in [5.74, 6) is -1.54. The zero-order valence-electron chi connectivity index (χ0n) is 19.8. The first-order valence-electron chi connectivity index (χ1n) is 12.6. The maximum atomic E-state index is 13.4. The summed E-state index contributed by atoms with van der Waals surface area (Å²) in [6.45, 7) is 4.34. The number of allylic oxidation sites excluding steroid dienone is 1. The van der Waals surface area contributed by atoms with Gasteiger partial charge in [-0.2, -0.15) is 0 Å². The highest BCUT2D eigenvalue weighted by Gasteiger charge is 2.79. The van der Waals surface area contributed by atoms with Gasteiger partial charge in [0, 0.05) is 17.4 Å². The third kappa shape index (κ3) is 2.56. The average molecular weight is 465 g/mol. The van der Waals surface area contributed by atoms with Crippen LogP contribution in [0.5, 0.6) is 0 Å². The highest BCUT2D eigenvalue weighted by molar-refractivity contribution is 6.36. The molecule has 5 aliphatic rings. The maximum absolute atomic E-state index is 13.4. The molecule has 6 heteroatoms. The SMILES string of the molecule is C[C@]12CC[C@H]3[C@@H](CCC4=CC(=O)CC[C@@]43C)[C@]13CC[C@]2(C(=O)C(=O)O)OC(c1ccccc1)O3. The van der Waals surface area contributed by atoms with Crippen molar-refractivity contribution < 1.29 is 29.0 Å². The van der Waals surface area contributed by atoms with E-state index in [1.54, 1.807) is 0 Å². The molecule has 1 N–H and O–H groups in total. The molecule has 1 saturated heterocycles. The van der Waals surface area contributed by atoms with Crippen LogP contribution in [-0.2, 0) is 23.9 Å². The molecule has 1 unspecified atom stereocenters. The summed E-state index contributed by atoms with van der Waals surface area (Å²) in [6.07, 6.45) is 6.78. The molecular formula is C28H32O6. The molecule has 180 valence electrons. The number of hydrogen-bond acceptors (Lipinski definition) is 5. The molecule has 4 aliphatic carbocycles. The molecule has 1 aromatic rings. The predicted molar refractivity (Wildman–Crippen MR) is 123 cm³/mol. The Balaban J connectivity index is 1.49. The van der Waals surface area contributed by atoms with Crippen molar-refractivity contribution in [2.45, 2.75) is 82.7 Å². The Morgan fingerprint density at radius 3 is 2.44 bits per heavy atom. The van der Waals surface area contributed by atoms with E-state index in [1.165, 1.54) is 5.57 Å². The van der Waals surface area contributed by atoms with Gasteiger partial charge < -0.3 is 14.6 Å². The molecule has 1 heterocycles. The molecule has 2 bridgehead atoms. The fraction of sp³-hybridized carbons (Fsp3) is 0.607. The van der Waals surface area contributed by atoms with Crippen molar-refractivity contribution in [3.05, 3.63) is 47.5 Å². The van der Waals surface area contributed by atoms with Crippen molar-refractivity contribution >= 4 is 17.5 Å². The van der Waals surface area contributed by atoms with E-state index < -0.39 is 34.7 Å². The molecule has 1 aromatic carbocycles. The van der Waals surface area contributed by atoms with E-state index in [4.69, 9.17) is 9.47 Å². The smallest absolute Gasteiger partial charge is 0.375 e. The van der Waals surface area contributed by atoms with Crippen LogP contribution >= 0.6 is 0 Å². The number of benzene rings is 1. The van der Waals surface area contributed by atoms with Gasteiger partial charge in [-0.3, -0.25) is 9.59 Å². The van der Waals surface area contributed by atoms with Crippen LogP contribution in [0.4, 0.5) is 0 Å². The number of hydrogen-bond donors (Lipinski definition) is 1. The van der Waals surface area contributed by atoms with Crippen molar-refractivity contribution in [2.24, 2.45) is 22.7 Å². The molecule has 7 atom stereocenters. The molecule has 6 nitrogen and oxygen atoms in total. The summed E-state index contributed by atoms with van der Waals surface area (Å²) in [6, 6.07) is 9.56. The molecule has 4 fully saturated rings. The predicted octanol–water partition coefficient (Wildman–Crippen LogP) is 4.78. The second kappa shape index (κ2) is 7.11. The largest absolute Gasteiger partial charge is 0.475 e. The number of aliphatic carboxylic acids is 1. The van der Waals surface area contributed by atoms with Crippen LogP contribution in [-0.4, -0.2) is 33.8 Å². The van der Waals surface area contributed by atoms with Gasteiger partial charge in [0.1, 0.15) is 5.60 Å². The lowest BCUT2D eigenvalue weighted by atomic mass is 9.44. The molecule has 6 rings (SSSR count). The van der Waals surface area contributed by atoms with Gasteiger partial charge in [0.05, 0.1) is 5.60 Å². The van der Waals surface area contributed by atoms with Gasteiger partial charge in [-0.05, 0) is 68.3 Å². The van der Waals surface area contributed by atoms with Gasteiger partial charge in [0.2, 0.25) is 0 Å². The number of carboxylic acids is 1. The van der Waals surface area contributed by atoms with E-state index >= 15 is 0 Å². The van der Waals surface area contributed by atoms with Crippen LogP contribution in [0.25, 0.3) is 0 Å². The first kappa shape index (κ1) is 22.2. The Labute approximate surface area is 199 Å². The first-order valence-corrected chi connectivity index (χ1v) is 12.6. The quantitative estimate of drug-likeness (QED) is 0.648.